The van der Waals surface area contributed by atoms with Gasteiger partial charge in [0.1, 0.15) is 0 Å². The van der Waals surface area contributed by atoms with Crippen molar-refractivity contribution in [3.05, 3.63) is 0 Å². The van der Waals surface area contributed by atoms with E-state index in [9.17, 15) is 0 Å². The first-order valence-electron chi connectivity index (χ1n) is 7.12. The molecule has 3 nitrogen and oxygen atoms in total. The average molecular weight is 244 g/mol. The zero-order valence-electron chi connectivity index (χ0n) is 12.3. The second kappa shape index (κ2) is 12.3. The summed E-state index contributed by atoms with van der Waals surface area (Å²) >= 11 is 0. The van der Waals surface area contributed by atoms with Crippen LogP contribution in [0.2, 0.25) is 0 Å². The van der Waals surface area contributed by atoms with Gasteiger partial charge >= 0.3 is 0 Å². The first kappa shape index (κ1) is 16.9. The number of nitrogens with one attached hydrogen (secondary N) is 1. The summed E-state index contributed by atoms with van der Waals surface area (Å²) < 4.78 is 5.15. The highest BCUT2D eigenvalue weighted by molar-refractivity contribution is 4.62. The van der Waals surface area contributed by atoms with Gasteiger partial charge in [0.2, 0.25) is 0 Å². The maximum absolute atomic E-state index is 5.15. The van der Waals surface area contributed by atoms with Crippen molar-refractivity contribution >= 4 is 0 Å². The summed E-state index contributed by atoms with van der Waals surface area (Å²) in [5, 5.41) is 3.52. The molecular formula is C14H32N2O. The molecule has 104 valence electrons. The molecule has 0 aliphatic rings. The van der Waals surface area contributed by atoms with Crippen LogP contribution in [0.4, 0.5) is 0 Å². The van der Waals surface area contributed by atoms with E-state index in [1.165, 1.54) is 25.8 Å². The van der Waals surface area contributed by atoms with Crippen molar-refractivity contribution in [1.82, 2.24) is 10.2 Å². The number of hydrogen-bond donors (Lipinski definition) is 1. The van der Waals surface area contributed by atoms with Gasteiger partial charge in [0.05, 0.1) is 6.61 Å². The molecular weight excluding hydrogens is 212 g/mol. The Balaban J connectivity index is 3.53. The predicted molar refractivity (Wildman–Crippen MR) is 75.5 cm³/mol. The Morgan fingerprint density at radius 2 is 1.88 bits per heavy atom. The van der Waals surface area contributed by atoms with Crippen LogP contribution in [0.25, 0.3) is 0 Å². The summed E-state index contributed by atoms with van der Waals surface area (Å²) in [6.07, 6.45) is 3.94. The Morgan fingerprint density at radius 1 is 1.12 bits per heavy atom. The summed E-state index contributed by atoms with van der Waals surface area (Å²) in [4.78, 5) is 2.49. The molecule has 0 unspecified atom stereocenters. The number of unbranched alkanes of at least 4 members (excludes halogenated alkanes) is 2. The van der Waals surface area contributed by atoms with Gasteiger partial charge in [-0.1, -0.05) is 33.6 Å². The van der Waals surface area contributed by atoms with E-state index in [1.807, 2.05) is 0 Å². The Labute approximate surface area is 108 Å². The highest BCUT2D eigenvalue weighted by Gasteiger charge is 2.06. The van der Waals surface area contributed by atoms with Crippen molar-refractivity contribution in [2.75, 3.05) is 46.4 Å². The Hall–Kier alpha value is -0.120. The summed E-state index contributed by atoms with van der Waals surface area (Å²) in [6.45, 7) is 13.2. The monoisotopic (exact) mass is 244 g/mol. The second-order valence-electron chi connectivity index (χ2n) is 5.14. The molecule has 0 aromatic carbocycles. The van der Waals surface area contributed by atoms with E-state index in [0.717, 1.165) is 38.7 Å². The van der Waals surface area contributed by atoms with E-state index in [4.69, 9.17) is 4.74 Å². The molecule has 0 heterocycles. The van der Waals surface area contributed by atoms with Crippen molar-refractivity contribution < 1.29 is 4.74 Å². The molecule has 0 fully saturated rings. The molecule has 0 bridgehead atoms. The van der Waals surface area contributed by atoms with Crippen LogP contribution in [-0.2, 0) is 4.74 Å². The van der Waals surface area contributed by atoms with Crippen LogP contribution in [0.5, 0.6) is 0 Å². The SMILES string of the molecule is CCCCCNCCN(CCOC)CC(C)C. The number of nitrogens with zero attached hydrogens (tertiary/aromatic N) is 1. The quantitative estimate of drug-likeness (QED) is 0.533. The molecule has 0 aromatic heterocycles. The van der Waals surface area contributed by atoms with Crippen molar-refractivity contribution in [2.45, 2.75) is 40.0 Å². The van der Waals surface area contributed by atoms with Crippen molar-refractivity contribution in [3.63, 3.8) is 0 Å². The van der Waals surface area contributed by atoms with E-state index in [1.54, 1.807) is 7.11 Å². The highest BCUT2D eigenvalue weighted by Crippen LogP contribution is 1.98. The van der Waals surface area contributed by atoms with Crippen LogP contribution < -0.4 is 5.32 Å². The van der Waals surface area contributed by atoms with Crippen LogP contribution >= 0.6 is 0 Å². The molecule has 0 radical (unpaired) electrons. The molecule has 17 heavy (non-hydrogen) atoms. The molecule has 0 aliphatic heterocycles. The van der Waals surface area contributed by atoms with Crippen LogP contribution in [-0.4, -0.2) is 51.3 Å². The van der Waals surface area contributed by atoms with Gasteiger partial charge in [-0.3, -0.25) is 4.90 Å². The first-order chi connectivity index (χ1) is 8.20. The summed E-state index contributed by atoms with van der Waals surface area (Å²) in [7, 11) is 1.77. The lowest BCUT2D eigenvalue weighted by atomic mass is 10.2. The zero-order valence-corrected chi connectivity index (χ0v) is 12.3. The maximum atomic E-state index is 5.15. The Bertz CT molecular complexity index is 151. The lowest BCUT2D eigenvalue weighted by Crippen LogP contribution is -2.37. The van der Waals surface area contributed by atoms with Crippen molar-refractivity contribution in [1.29, 1.82) is 0 Å². The Kier molecular flexibility index (Phi) is 12.3. The zero-order chi connectivity index (χ0) is 12.9. The molecule has 0 saturated heterocycles. The van der Waals surface area contributed by atoms with Gasteiger partial charge in [0, 0.05) is 33.3 Å². The van der Waals surface area contributed by atoms with Crippen molar-refractivity contribution in [3.8, 4) is 0 Å². The minimum Gasteiger partial charge on any atom is -0.383 e. The van der Waals surface area contributed by atoms with E-state index in [-0.39, 0.29) is 0 Å². The smallest absolute Gasteiger partial charge is 0.0589 e. The number of hydrogen-bond acceptors (Lipinski definition) is 3. The molecule has 0 atom stereocenters. The number of rotatable bonds is 12. The summed E-state index contributed by atoms with van der Waals surface area (Å²) in [6, 6.07) is 0. The van der Waals surface area contributed by atoms with Crippen LogP contribution in [0.1, 0.15) is 40.0 Å². The molecule has 0 aromatic rings. The topological polar surface area (TPSA) is 24.5 Å². The third kappa shape index (κ3) is 12.1. The maximum Gasteiger partial charge on any atom is 0.0589 e. The summed E-state index contributed by atoms with van der Waals surface area (Å²) in [5.41, 5.74) is 0. The normalized spacial score (nSPS) is 11.6. The minimum absolute atomic E-state index is 0.729. The molecule has 1 N–H and O–H groups in total. The fraction of sp³-hybridized carbons (Fsp3) is 1.00. The molecule has 0 rings (SSSR count). The Morgan fingerprint density at radius 3 is 2.47 bits per heavy atom. The lowest BCUT2D eigenvalue weighted by Gasteiger charge is -2.24. The number of methoxy groups -OCH3 is 1. The standard InChI is InChI=1S/C14H32N2O/c1-5-6-7-8-15-9-10-16(11-12-17-4)13-14(2)3/h14-15H,5-13H2,1-4H3. The minimum atomic E-state index is 0.729. The van der Waals surface area contributed by atoms with Crippen LogP contribution in [0.15, 0.2) is 0 Å². The molecule has 0 aliphatic carbocycles. The molecule has 0 saturated carbocycles. The van der Waals surface area contributed by atoms with Crippen LogP contribution in [0.3, 0.4) is 0 Å². The number of ether oxygens (including phenoxy) is 1. The van der Waals surface area contributed by atoms with E-state index in [2.05, 4.69) is 31.0 Å². The van der Waals surface area contributed by atoms with E-state index < -0.39 is 0 Å². The average Bonchev–Trinajstić information content (AvgIpc) is 2.29. The van der Waals surface area contributed by atoms with Crippen molar-refractivity contribution in [2.24, 2.45) is 5.92 Å². The molecule has 0 spiro atoms. The van der Waals surface area contributed by atoms with Gasteiger partial charge in [-0.25, -0.2) is 0 Å². The fourth-order valence-electron chi connectivity index (χ4n) is 1.89. The fourth-order valence-corrected chi connectivity index (χ4v) is 1.89. The second-order valence-corrected chi connectivity index (χ2v) is 5.14. The van der Waals surface area contributed by atoms with E-state index >= 15 is 0 Å². The van der Waals surface area contributed by atoms with Gasteiger partial charge in [-0.2, -0.15) is 0 Å². The first-order valence-corrected chi connectivity index (χ1v) is 7.12. The largest absolute Gasteiger partial charge is 0.383 e. The predicted octanol–water partition coefficient (Wildman–Crippen LogP) is 2.37. The van der Waals surface area contributed by atoms with Gasteiger partial charge in [0.25, 0.3) is 0 Å². The van der Waals surface area contributed by atoms with Gasteiger partial charge in [-0.15, -0.1) is 0 Å². The third-order valence-corrected chi connectivity index (χ3v) is 2.80. The highest BCUT2D eigenvalue weighted by atomic mass is 16.5. The van der Waals surface area contributed by atoms with Gasteiger partial charge < -0.3 is 10.1 Å². The molecule has 3 heteroatoms. The van der Waals surface area contributed by atoms with Gasteiger partial charge in [-0.05, 0) is 18.9 Å². The lowest BCUT2D eigenvalue weighted by molar-refractivity contribution is 0.140. The molecule has 0 amide bonds. The van der Waals surface area contributed by atoms with E-state index in [0.29, 0.717) is 0 Å². The summed E-state index contributed by atoms with van der Waals surface area (Å²) in [5.74, 6) is 0.729. The van der Waals surface area contributed by atoms with Gasteiger partial charge in [0.15, 0.2) is 0 Å². The van der Waals surface area contributed by atoms with Crippen LogP contribution in [0, 0.1) is 5.92 Å². The third-order valence-electron chi connectivity index (χ3n) is 2.80.